The number of nitrogens with two attached hydrogens (primary N) is 1. The maximum atomic E-state index is 13.1. The van der Waals surface area contributed by atoms with Crippen molar-refractivity contribution in [3.63, 3.8) is 0 Å². The molecule has 1 fully saturated rings. The molecule has 0 heterocycles. The van der Waals surface area contributed by atoms with Crippen LogP contribution in [0.5, 0.6) is 0 Å². The Morgan fingerprint density at radius 2 is 2.16 bits per heavy atom. The Morgan fingerprint density at radius 1 is 1.42 bits per heavy atom. The van der Waals surface area contributed by atoms with Gasteiger partial charge in [0.1, 0.15) is 5.82 Å². The van der Waals surface area contributed by atoms with E-state index in [0.717, 1.165) is 25.3 Å². The van der Waals surface area contributed by atoms with Crippen LogP contribution in [0.4, 0.5) is 4.39 Å². The number of sulfonamides is 1. The number of rotatable bonds is 4. The molecule has 106 valence electrons. The average Bonchev–Trinajstić information content (AvgIpc) is 2.79. The molecule has 1 aliphatic carbocycles. The Balaban J connectivity index is 2.20. The molecule has 1 aromatic carbocycles. The molecule has 1 aromatic rings. The number of benzene rings is 1. The molecule has 3 N–H and O–H groups in total. The maximum absolute atomic E-state index is 13.1. The molecule has 4 nitrogen and oxygen atoms in total. The van der Waals surface area contributed by atoms with Gasteiger partial charge in [0.05, 0.1) is 9.37 Å². The van der Waals surface area contributed by atoms with Crippen LogP contribution in [0.3, 0.4) is 0 Å². The highest BCUT2D eigenvalue weighted by Crippen LogP contribution is 2.27. The zero-order valence-corrected chi connectivity index (χ0v) is 12.7. The minimum Gasteiger partial charge on any atom is -0.330 e. The lowest BCUT2D eigenvalue weighted by Crippen LogP contribution is -2.39. The fraction of sp³-hybridized carbons (Fsp3) is 0.500. The first-order valence-corrected chi connectivity index (χ1v) is 8.39. The molecule has 0 saturated heterocycles. The van der Waals surface area contributed by atoms with Crippen LogP contribution >= 0.6 is 15.9 Å². The van der Waals surface area contributed by atoms with Gasteiger partial charge < -0.3 is 5.73 Å². The highest BCUT2D eigenvalue weighted by molar-refractivity contribution is 9.10. The summed E-state index contributed by atoms with van der Waals surface area (Å²) < 4.78 is 40.4. The predicted octanol–water partition coefficient (Wildman–Crippen LogP) is 1.99. The molecule has 0 amide bonds. The van der Waals surface area contributed by atoms with E-state index in [2.05, 4.69) is 20.7 Å². The summed E-state index contributed by atoms with van der Waals surface area (Å²) in [5.41, 5.74) is 5.63. The minimum atomic E-state index is -3.63. The van der Waals surface area contributed by atoms with E-state index in [1.54, 1.807) is 0 Å². The summed E-state index contributed by atoms with van der Waals surface area (Å²) in [7, 11) is -3.63. The van der Waals surface area contributed by atoms with Crippen molar-refractivity contribution >= 4 is 26.0 Å². The van der Waals surface area contributed by atoms with Crippen molar-refractivity contribution in [3.8, 4) is 0 Å². The smallest absolute Gasteiger partial charge is 0.240 e. The van der Waals surface area contributed by atoms with Crippen LogP contribution in [0.15, 0.2) is 27.6 Å². The quantitative estimate of drug-likeness (QED) is 0.872. The molecule has 0 aromatic heterocycles. The van der Waals surface area contributed by atoms with Crippen molar-refractivity contribution < 1.29 is 12.8 Å². The standard InChI is InChI=1S/C12H16BrFN2O2S/c13-10-6-9(4-5-11(10)14)19(17,18)16-12-3-1-2-8(12)7-15/h4-6,8,12,16H,1-3,7,15H2. The molecule has 2 atom stereocenters. The highest BCUT2D eigenvalue weighted by atomic mass is 79.9. The second-order valence-corrected chi connectivity index (χ2v) is 7.30. The molecule has 0 bridgehead atoms. The van der Waals surface area contributed by atoms with Crippen molar-refractivity contribution in [2.24, 2.45) is 11.7 Å². The fourth-order valence-corrected chi connectivity index (χ4v) is 4.28. The third kappa shape index (κ3) is 3.34. The first-order chi connectivity index (χ1) is 8.94. The first kappa shape index (κ1) is 14.9. The van der Waals surface area contributed by atoms with Gasteiger partial charge in [-0.3, -0.25) is 0 Å². The zero-order valence-electron chi connectivity index (χ0n) is 10.3. The Morgan fingerprint density at radius 3 is 2.79 bits per heavy atom. The highest BCUT2D eigenvalue weighted by Gasteiger charge is 2.30. The number of nitrogens with one attached hydrogen (secondary N) is 1. The van der Waals surface area contributed by atoms with Crippen molar-refractivity contribution in [3.05, 3.63) is 28.5 Å². The first-order valence-electron chi connectivity index (χ1n) is 6.11. The Kier molecular flexibility index (Phi) is 4.60. The van der Waals surface area contributed by atoms with Gasteiger partial charge in [-0.1, -0.05) is 6.42 Å². The number of halogens is 2. The number of hydrogen-bond acceptors (Lipinski definition) is 3. The second kappa shape index (κ2) is 5.87. The van der Waals surface area contributed by atoms with Crippen molar-refractivity contribution in [2.45, 2.75) is 30.2 Å². The SMILES string of the molecule is NCC1CCCC1NS(=O)(=O)c1ccc(F)c(Br)c1. The van der Waals surface area contributed by atoms with Gasteiger partial charge >= 0.3 is 0 Å². The summed E-state index contributed by atoms with van der Waals surface area (Å²) in [6.45, 7) is 0.473. The third-order valence-electron chi connectivity index (χ3n) is 3.47. The average molecular weight is 351 g/mol. The van der Waals surface area contributed by atoms with Crippen LogP contribution < -0.4 is 10.5 Å². The molecule has 7 heteroatoms. The van der Waals surface area contributed by atoms with E-state index in [4.69, 9.17) is 5.73 Å². The fourth-order valence-electron chi connectivity index (χ4n) is 2.39. The summed E-state index contributed by atoms with van der Waals surface area (Å²) in [6, 6.07) is 3.53. The van der Waals surface area contributed by atoms with Crippen LogP contribution in [0.1, 0.15) is 19.3 Å². The molecule has 1 saturated carbocycles. The summed E-state index contributed by atoms with van der Waals surface area (Å²) in [6.07, 6.45) is 2.71. The lowest BCUT2D eigenvalue weighted by atomic mass is 10.1. The summed E-state index contributed by atoms with van der Waals surface area (Å²) in [4.78, 5) is 0.0587. The second-order valence-electron chi connectivity index (χ2n) is 4.73. The molecule has 2 unspecified atom stereocenters. The van der Waals surface area contributed by atoms with Crippen LogP contribution in [0.2, 0.25) is 0 Å². The van der Waals surface area contributed by atoms with E-state index in [1.165, 1.54) is 12.1 Å². The van der Waals surface area contributed by atoms with Crippen molar-refractivity contribution in [2.75, 3.05) is 6.54 Å². The minimum absolute atomic E-state index is 0.0587. The lowest BCUT2D eigenvalue weighted by molar-refractivity contribution is 0.453. The van der Waals surface area contributed by atoms with Gasteiger partial charge in [-0.25, -0.2) is 17.5 Å². The monoisotopic (exact) mass is 350 g/mol. The van der Waals surface area contributed by atoms with E-state index < -0.39 is 15.8 Å². The van der Waals surface area contributed by atoms with Crippen molar-refractivity contribution in [1.82, 2.24) is 4.72 Å². The molecule has 0 spiro atoms. The maximum Gasteiger partial charge on any atom is 0.240 e. The normalized spacial score (nSPS) is 23.7. The van der Waals surface area contributed by atoms with Crippen LogP contribution in [-0.4, -0.2) is 21.0 Å². The van der Waals surface area contributed by atoms with Crippen LogP contribution in [0, 0.1) is 11.7 Å². The molecule has 0 radical (unpaired) electrons. The Bertz CT molecular complexity index is 565. The Hall–Kier alpha value is -0.500. The molecule has 2 rings (SSSR count). The summed E-state index contributed by atoms with van der Waals surface area (Å²) in [5.74, 6) is -0.307. The molecule has 0 aliphatic heterocycles. The van der Waals surface area contributed by atoms with E-state index >= 15 is 0 Å². The Labute approximate surface area is 120 Å². The largest absolute Gasteiger partial charge is 0.330 e. The lowest BCUT2D eigenvalue weighted by Gasteiger charge is -2.19. The topological polar surface area (TPSA) is 72.2 Å². The van der Waals surface area contributed by atoms with Gasteiger partial charge in [-0.05, 0) is 59.4 Å². The van der Waals surface area contributed by atoms with E-state index in [1.807, 2.05) is 0 Å². The zero-order chi connectivity index (χ0) is 14.0. The van der Waals surface area contributed by atoms with Crippen LogP contribution in [-0.2, 0) is 10.0 Å². The molecular formula is C12H16BrFN2O2S. The van der Waals surface area contributed by atoms with Gasteiger partial charge in [-0.15, -0.1) is 0 Å². The molecule has 1 aliphatic rings. The third-order valence-corrected chi connectivity index (χ3v) is 5.57. The summed E-state index contributed by atoms with van der Waals surface area (Å²) in [5, 5.41) is 0. The van der Waals surface area contributed by atoms with Gasteiger partial charge in [0.25, 0.3) is 0 Å². The van der Waals surface area contributed by atoms with Gasteiger partial charge in [0.15, 0.2) is 0 Å². The van der Waals surface area contributed by atoms with Crippen molar-refractivity contribution in [1.29, 1.82) is 0 Å². The molecule has 19 heavy (non-hydrogen) atoms. The van der Waals surface area contributed by atoms with Gasteiger partial charge in [-0.2, -0.15) is 0 Å². The van der Waals surface area contributed by atoms with E-state index in [9.17, 15) is 12.8 Å². The predicted molar refractivity (Wildman–Crippen MR) is 74.6 cm³/mol. The van der Waals surface area contributed by atoms with E-state index in [-0.39, 0.29) is 21.3 Å². The molecular weight excluding hydrogens is 335 g/mol. The van der Waals surface area contributed by atoms with Gasteiger partial charge in [0.2, 0.25) is 10.0 Å². The number of hydrogen-bond donors (Lipinski definition) is 2. The van der Waals surface area contributed by atoms with Gasteiger partial charge in [0, 0.05) is 6.04 Å². The van der Waals surface area contributed by atoms with Crippen LogP contribution in [0.25, 0.3) is 0 Å². The summed E-state index contributed by atoms with van der Waals surface area (Å²) >= 11 is 2.99. The van der Waals surface area contributed by atoms with E-state index in [0.29, 0.717) is 6.54 Å².